The molecule has 5 aromatic rings. The summed E-state index contributed by atoms with van der Waals surface area (Å²) in [6.45, 7) is 1.69. The fourth-order valence-corrected chi connectivity index (χ4v) is 3.78. The average Bonchev–Trinajstić information content (AvgIpc) is 3.26. The predicted molar refractivity (Wildman–Crippen MR) is 127 cm³/mol. The molecular weight excluding hydrogens is 452 g/mol. The number of rotatable bonds is 5. The van der Waals surface area contributed by atoms with Crippen molar-refractivity contribution >= 4 is 17.4 Å². The molecule has 9 heteroatoms. The molecule has 1 N–H and O–H groups in total. The number of fused-ring (bicyclic) bond motifs is 1. The van der Waals surface area contributed by atoms with Crippen LogP contribution in [-0.4, -0.2) is 32.6 Å². The number of methoxy groups -OCH3 is 1. The maximum atomic E-state index is 13.9. The number of benzene rings is 2. The number of aryl methyl sites for hydroxylation is 1. The topological polar surface area (TPSA) is 81.4 Å². The quantitative estimate of drug-likeness (QED) is 0.376. The predicted octanol–water partition coefficient (Wildman–Crippen LogP) is 5.31. The van der Waals surface area contributed by atoms with Crippen molar-refractivity contribution in [3.8, 4) is 28.3 Å². The summed E-state index contributed by atoms with van der Waals surface area (Å²) in [4.78, 5) is 21.7. The van der Waals surface area contributed by atoms with Gasteiger partial charge in [0.25, 0.3) is 5.91 Å². The molecule has 35 heavy (non-hydrogen) atoms. The second kappa shape index (κ2) is 8.94. The van der Waals surface area contributed by atoms with Gasteiger partial charge in [0.15, 0.2) is 17.2 Å². The lowest BCUT2D eigenvalue weighted by Crippen LogP contribution is -2.13. The number of halogens is 2. The van der Waals surface area contributed by atoms with Crippen LogP contribution >= 0.6 is 0 Å². The van der Waals surface area contributed by atoms with E-state index >= 15 is 0 Å². The van der Waals surface area contributed by atoms with Gasteiger partial charge < -0.3 is 10.1 Å². The van der Waals surface area contributed by atoms with Crippen LogP contribution in [0.15, 0.2) is 73.1 Å². The first-order chi connectivity index (χ1) is 16.9. The number of hydrogen-bond acceptors (Lipinski definition) is 5. The lowest BCUT2D eigenvalue weighted by molar-refractivity contribution is 0.102. The van der Waals surface area contributed by atoms with Crippen molar-refractivity contribution in [2.24, 2.45) is 0 Å². The summed E-state index contributed by atoms with van der Waals surface area (Å²) >= 11 is 0. The fraction of sp³-hybridized carbons (Fsp3) is 0.0769. The summed E-state index contributed by atoms with van der Waals surface area (Å²) in [5, 5.41) is 7.16. The number of imidazole rings is 1. The van der Waals surface area contributed by atoms with E-state index in [0.717, 1.165) is 5.56 Å². The Bertz CT molecular complexity index is 1580. The van der Waals surface area contributed by atoms with Crippen molar-refractivity contribution in [3.05, 3.63) is 95.8 Å². The van der Waals surface area contributed by atoms with Crippen molar-refractivity contribution < 1.29 is 18.3 Å². The average molecular weight is 471 g/mol. The van der Waals surface area contributed by atoms with Crippen LogP contribution in [-0.2, 0) is 0 Å². The molecule has 174 valence electrons. The molecule has 0 unspecified atom stereocenters. The highest BCUT2D eigenvalue weighted by Crippen LogP contribution is 2.33. The van der Waals surface area contributed by atoms with Gasteiger partial charge in [-0.15, -0.1) is 0 Å². The third-order valence-electron chi connectivity index (χ3n) is 5.51. The maximum absolute atomic E-state index is 13.9. The number of amides is 1. The molecule has 0 aliphatic carbocycles. The zero-order valence-corrected chi connectivity index (χ0v) is 18.8. The molecule has 0 bridgehead atoms. The Labute approximate surface area is 199 Å². The van der Waals surface area contributed by atoms with Crippen LogP contribution in [0.5, 0.6) is 5.75 Å². The number of carbonyl (C=O) groups excluding carboxylic acids is 1. The summed E-state index contributed by atoms with van der Waals surface area (Å²) in [6.07, 6.45) is 3.20. The monoisotopic (exact) mass is 471 g/mol. The summed E-state index contributed by atoms with van der Waals surface area (Å²) < 4.78 is 34.3. The first kappa shape index (κ1) is 22.1. The molecule has 0 atom stereocenters. The number of pyridine rings is 1. The molecule has 7 nitrogen and oxygen atoms in total. The summed E-state index contributed by atoms with van der Waals surface area (Å²) in [5.74, 6) is -1.09. The second-order valence-electron chi connectivity index (χ2n) is 7.80. The number of carbonyl (C=O) groups is 1. The van der Waals surface area contributed by atoms with Crippen LogP contribution in [0, 0.1) is 18.6 Å². The molecule has 0 saturated heterocycles. The molecule has 5 rings (SSSR count). The Morgan fingerprint density at radius 1 is 0.971 bits per heavy atom. The van der Waals surface area contributed by atoms with E-state index in [1.165, 1.54) is 31.4 Å². The van der Waals surface area contributed by atoms with E-state index in [2.05, 4.69) is 15.4 Å². The van der Waals surface area contributed by atoms with E-state index in [1.54, 1.807) is 54.2 Å². The number of aromatic nitrogens is 4. The minimum atomic E-state index is -0.562. The maximum Gasteiger partial charge on any atom is 0.256 e. The molecule has 0 radical (unpaired) electrons. The van der Waals surface area contributed by atoms with E-state index in [4.69, 9.17) is 9.72 Å². The van der Waals surface area contributed by atoms with Crippen molar-refractivity contribution in [2.75, 3.05) is 12.4 Å². The van der Waals surface area contributed by atoms with Crippen molar-refractivity contribution in [3.63, 3.8) is 0 Å². The molecule has 0 fully saturated rings. The van der Waals surface area contributed by atoms with Gasteiger partial charge in [-0.05, 0) is 73.2 Å². The molecule has 3 heterocycles. The lowest BCUT2D eigenvalue weighted by Gasteiger charge is -2.09. The van der Waals surface area contributed by atoms with Gasteiger partial charge in [0.05, 0.1) is 12.8 Å². The summed E-state index contributed by atoms with van der Waals surface area (Å²) in [5.41, 5.74) is 4.01. The van der Waals surface area contributed by atoms with Crippen LogP contribution in [0.1, 0.15) is 15.9 Å². The van der Waals surface area contributed by atoms with Gasteiger partial charge in [-0.25, -0.2) is 23.3 Å². The van der Waals surface area contributed by atoms with Gasteiger partial charge in [0.1, 0.15) is 17.3 Å². The van der Waals surface area contributed by atoms with Crippen LogP contribution in [0.4, 0.5) is 14.6 Å². The van der Waals surface area contributed by atoms with Crippen LogP contribution in [0.3, 0.4) is 0 Å². The second-order valence-corrected chi connectivity index (χ2v) is 7.80. The third kappa shape index (κ3) is 4.19. The molecule has 2 aromatic carbocycles. The van der Waals surface area contributed by atoms with Crippen molar-refractivity contribution in [1.82, 2.24) is 19.6 Å². The Balaban J connectivity index is 1.56. The van der Waals surface area contributed by atoms with Gasteiger partial charge in [-0.1, -0.05) is 0 Å². The van der Waals surface area contributed by atoms with Gasteiger partial charge >= 0.3 is 0 Å². The summed E-state index contributed by atoms with van der Waals surface area (Å²) in [6, 6.07) is 15.7. The highest BCUT2D eigenvalue weighted by Gasteiger charge is 2.19. The largest absolute Gasteiger partial charge is 0.494 e. The molecule has 0 aliphatic heterocycles. The standard InChI is InChI=1S/C26H19F2N5O2/c1-15-12-16(5-7-19(15)27)24-25(33-23(32-24)4-3-10-30-33)17-9-11-29-22(14-17)31-26(34)18-6-8-20(28)21(13-18)35-2/h3-14H,1-2H3,(H,29,31,34). The van der Waals surface area contributed by atoms with E-state index in [9.17, 15) is 13.6 Å². The minimum Gasteiger partial charge on any atom is -0.494 e. The molecule has 0 spiro atoms. The van der Waals surface area contributed by atoms with Crippen molar-refractivity contribution in [1.29, 1.82) is 0 Å². The van der Waals surface area contributed by atoms with Crippen LogP contribution in [0.2, 0.25) is 0 Å². The van der Waals surface area contributed by atoms with E-state index < -0.39 is 11.7 Å². The zero-order valence-electron chi connectivity index (χ0n) is 18.8. The fourth-order valence-electron chi connectivity index (χ4n) is 3.78. The summed E-state index contributed by atoms with van der Waals surface area (Å²) in [7, 11) is 1.33. The van der Waals surface area contributed by atoms with Gasteiger partial charge in [-0.3, -0.25) is 4.79 Å². The van der Waals surface area contributed by atoms with Crippen molar-refractivity contribution in [2.45, 2.75) is 6.92 Å². The Kier molecular flexibility index (Phi) is 5.66. The van der Waals surface area contributed by atoms with E-state index in [-0.39, 0.29) is 22.9 Å². The third-order valence-corrected chi connectivity index (χ3v) is 5.51. The first-order valence-corrected chi connectivity index (χ1v) is 10.7. The number of hydrogen-bond donors (Lipinski definition) is 1. The number of ether oxygens (including phenoxy) is 1. The Morgan fingerprint density at radius 3 is 2.60 bits per heavy atom. The Hall–Kier alpha value is -4.66. The molecule has 0 aliphatic rings. The van der Waals surface area contributed by atoms with Crippen LogP contribution < -0.4 is 10.1 Å². The molecular formula is C26H19F2N5O2. The lowest BCUT2D eigenvalue weighted by atomic mass is 10.0. The number of anilines is 1. The van der Waals surface area contributed by atoms with Gasteiger partial charge in [0, 0.05) is 29.1 Å². The minimum absolute atomic E-state index is 0.0320. The first-order valence-electron chi connectivity index (χ1n) is 10.7. The normalized spacial score (nSPS) is 11.0. The van der Waals surface area contributed by atoms with Gasteiger partial charge in [-0.2, -0.15) is 5.10 Å². The highest BCUT2D eigenvalue weighted by atomic mass is 19.1. The highest BCUT2D eigenvalue weighted by molar-refractivity contribution is 6.04. The van der Waals surface area contributed by atoms with Crippen LogP contribution in [0.25, 0.3) is 28.2 Å². The number of nitrogens with one attached hydrogen (secondary N) is 1. The Morgan fingerprint density at radius 2 is 1.80 bits per heavy atom. The SMILES string of the molecule is COc1cc(C(=O)Nc2cc(-c3c(-c4ccc(F)c(C)c4)nc4cccnn34)ccn2)ccc1F. The molecule has 3 aromatic heterocycles. The smallest absolute Gasteiger partial charge is 0.256 e. The molecule has 0 saturated carbocycles. The van der Waals surface area contributed by atoms with Gasteiger partial charge in [0.2, 0.25) is 0 Å². The zero-order chi connectivity index (χ0) is 24.5. The molecule has 1 amide bonds. The van der Waals surface area contributed by atoms with E-state index in [0.29, 0.717) is 28.2 Å². The number of nitrogens with zero attached hydrogens (tertiary/aromatic N) is 4. The van der Waals surface area contributed by atoms with E-state index in [1.807, 2.05) is 6.07 Å².